The minimum atomic E-state index is -0.815. The first-order chi connectivity index (χ1) is 13.4. The molecule has 2 aromatic rings. The quantitative estimate of drug-likeness (QED) is 0.821. The van der Waals surface area contributed by atoms with Crippen LogP contribution in [0.25, 0.3) is 0 Å². The smallest absolute Gasteiger partial charge is 0.224 e. The third kappa shape index (κ3) is 5.24. The predicted molar refractivity (Wildman–Crippen MR) is 101 cm³/mol. The molecule has 1 saturated heterocycles. The third-order valence-electron chi connectivity index (χ3n) is 4.83. The van der Waals surface area contributed by atoms with E-state index in [0.29, 0.717) is 12.0 Å². The van der Waals surface area contributed by atoms with Crippen LogP contribution in [0.4, 0.5) is 8.78 Å². The number of nitrogens with one attached hydrogen (secondary N) is 1. The van der Waals surface area contributed by atoms with Crippen LogP contribution in [0.3, 0.4) is 0 Å². The van der Waals surface area contributed by atoms with Crippen molar-refractivity contribution in [3.63, 3.8) is 0 Å². The topological polar surface area (TPSA) is 57.7 Å². The summed E-state index contributed by atoms with van der Waals surface area (Å²) in [5, 5.41) is 2.87. The first-order valence-corrected chi connectivity index (χ1v) is 9.14. The van der Waals surface area contributed by atoms with E-state index in [1.165, 1.54) is 12.3 Å². The second kappa shape index (κ2) is 9.07. The predicted octanol–water partition coefficient (Wildman–Crippen LogP) is 2.40. The maximum Gasteiger partial charge on any atom is 0.224 e. The van der Waals surface area contributed by atoms with Gasteiger partial charge in [-0.25, -0.2) is 13.8 Å². The van der Waals surface area contributed by atoms with Gasteiger partial charge in [-0.3, -0.25) is 4.79 Å². The van der Waals surface area contributed by atoms with Gasteiger partial charge in [0.25, 0.3) is 0 Å². The Morgan fingerprint density at radius 3 is 2.89 bits per heavy atom. The molecule has 8 heteroatoms. The zero-order valence-electron chi connectivity index (χ0n) is 16.0. The number of hydrogen-bond donors (Lipinski definition) is 1. The highest BCUT2D eigenvalue weighted by atomic mass is 19.1. The molecule has 0 bridgehead atoms. The molecule has 1 aromatic heterocycles. The molecule has 1 fully saturated rings. The van der Waals surface area contributed by atoms with Gasteiger partial charge in [0.05, 0.1) is 0 Å². The number of pyridine rings is 1. The second-order valence-corrected chi connectivity index (χ2v) is 7.02. The maximum absolute atomic E-state index is 13.8. The highest BCUT2D eigenvalue weighted by Gasteiger charge is 2.24. The van der Waals surface area contributed by atoms with Crippen molar-refractivity contribution in [1.82, 2.24) is 20.1 Å². The lowest BCUT2D eigenvalue weighted by atomic mass is 10.1. The molecule has 1 atom stereocenters. The molecule has 3 rings (SSSR count). The number of rotatable bonds is 6. The van der Waals surface area contributed by atoms with Crippen LogP contribution in [0.2, 0.25) is 0 Å². The zero-order chi connectivity index (χ0) is 20.1. The molecule has 0 aliphatic carbocycles. The summed E-state index contributed by atoms with van der Waals surface area (Å²) in [6, 6.07) is 6.68. The fraction of sp³-hybridized carbons (Fsp3) is 0.400. The van der Waals surface area contributed by atoms with Gasteiger partial charge in [-0.05, 0) is 32.3 Å². The fourth-order valence-electron chi connectivity index (χ4n) is 3.11. The first kappa shape index (κ1) is 20.2. The van der Waals surface area contributed by atoms with E-state index in [4.69, 9.17) is 4.74 Å². The Labute approximate surface area is 163 Å². The van der Waals surface area contributed by atoms with Gasteiger partial charge in [-0.15, -0.1) is 0 Å². The Hall–Kier alpha value is -2.58. The van der Waals surface area contributed by atoms with E-state index in [1.54, 1.807) is 12.1 Å². The van der Waals surface area contributed by atoms with Crippen LogP contribution in [-0.4, -0.2) is 60.5 Å². The number of carbonyl (C=O) groups is 1. The van der Waals surface area contributed by atoms with E-state index in [9.17, 15) is 13.6 Å². The van der Waals surface area contributed by atoms with Gasteiger partial charge in [-0.2, -0.15) is 0 Å². The number of nitrogens with zero attached hydrogens (tertiary/aromatic N) is 3. The van der Waals surface area contributed by atoms with E-state index < -0.39 is 11.6 Å². The molecule has 0 spiro atoms. The molecule has 1 aliphatic rings. The molecule has 28 heavy (non-hydrogen) atoms. The van der Waals surface area contributed by atoms with Crippen LogP contribution in [0, 0.1) is 11.6 Å². The number of benzene rings is 1. The van der Waals surface area contributed by atoms with Gasteiger partial charge in [0.2, 0.25) is 11.8 Å². The second-order valence-electron chi connectivity index (χ2n) is 7.02. The maximum atomic E-state index is 13.8. The minimum Gasteiger partial charge on any atom is -0.436 e. The van der Waals surface area contributed by atoms with Crippen LogP contribution in [0.5, 0.6) is 11.6 Å². The number of piperazine rings is 1. The van der Waals surface area contributed by atoms with Crippen LogP contribution in [0.1, 0.15) is 12.0 Å². The summed E-state index contributed by atoms with van der Waals surface area (Å²) in [5.74, 6) is -1.53. The number of aromatic nitrogens is 1. The van der Waals surface area contributed by atoms with Gasteiger partial charge in [0, 0.05) is 56.5 Å². The molecule has 1 N–H and O–H groups in total. The van der Waals surface area contributed by atoms with Gasteiger partial charge < -0.3 is 19.9 Å². The highest BCUT2D eigenvalue weighted by Crippen LogP contribution is 2.26. The average Bonchev–Trinajstić information content (AvgIpc) is 2.66. The Morgan fingerprint density at radius 1 is 1.29 bits per heavy atom. The van der Waals surface area contributed by atoms with Crippen molar-refractivity contribution < 1.29 is 18.3 Å². The molecular formula is C20H24F2N4O2. The third-order valence-corrected chi connectivity index (χ3v) is 4.83. The van der Waals surface area contributed by atoms with E-state index in [-0.39, 0.29) is 30.1 Å². The lowest BCUT2D eigenvalue weighted by Crippen LogP contribution is -2.51. The summed E-state index contributed by atoms with van der Waals surface area (Å²) >= 11 is 0. The summed E-state index contributed by atoms with van der Waals surface area (Å²) in [4.78, 5) is 20.9. The molecule has 1 aliphatic heterocycles. The molecule has 0 saturated carbocycles. The Bertz CT molecular complexity index is 834. The number of carbonyl (C=O) groups excluding carboxylic acids is 1. The standard InChI is InChI=1S/C20H24F2N4O2/c1-25-8-9-26(2)16(13-25)11-19(27)24-12-14-4-3-7-23-20(14)28-18-6-5-15(21)10-17(18)22/h3-7,10,16H,8-9,11-13H2,1-2H3,(H,24,27)/t16-/m1/s1. The Kier molecular flexibility index (Phi) is 6.53. The molecule has 0 radical (unpaired) electrons. The fourth-order valence-corrected chi connectivity index (χ4v) is 3.11. The van der Waals surface area contributed by atoms with Crippen LogP contribution < -0.4 is 10.1 Å². The average molecular weight is 390 g/mol. The number of likely N-dealkylation sites (N-methyl/N-ethyl adjacent to an activating group) is 2. The number of halogens is 2. The monoisotopic (exact) mass is 390 g/mol. The van der Waals surface area contributed by atoms with Crippen molar-refractivity contribution in [2.75, 3.05) is 33.7 Å². The molecule has 1 amide bonds. The van der Waals surface area contributed by atoms with E-state index in [1.807, 2.05) is 14.1 Å². The van der Waals surface area contributed by atoms with Gasteiger partial charge >= 0.3 is 0 Å². The Morgan fingerprint density at radius 2 is 2.11 bits per heavy atom. The largest absolute Gasteiger partial charge is 0.436 e. The molecule has 1 aromatic carbocycles. The normalized spacial score (nSPS) is 18.1. The Balaban J connectivity index is 1.61. The lowest BCUT2D eigenvalue weighted by molar-refractivity contribution is -0.122. The van der Waals surface area contributed by atoms with E-state index in [0.717, 1.165) is 31.8 Å². The van der Waals surface area contributed by atoms with Crippen molar-refractivity contribution in [1.29, 1.82) is 0 Å². The minimum absolute atomic E-state index is 0.0742. The molecule has 0 unspecified atom stereocenters. The molecule has 150 valence electrons. The lowest BCUT2D eigenvalue weighted by Gasteiger charge is -2.37. The summed E-state index contributed by atoms with van der Waals surface area (Å²) < 4.78 is 32.4. The number of hydrogen-bond acceptors (Lipinski definition) is 5. The zero-order valence-corrected chi connectivity index (χ0v) is 16.0. The van der Waals surface area contributed by atoms with Gasteiger partial charge in [0.15, 0.2) is 11.6 Å². The van der Waals surface area contributed by atoms with Crippen LogP contribution in [0.15, 0.2) is 36.5 Å². The van der Waals surface area contributed by atoms with E-state index in [2.05, 4.69) is 20.1 Å². The summed E-state index contributed by atoms with van der Waals surface area (Å²) in [6.07, 6.45) is 1.90. The summed E-state index contributed by atoms with van der Waals surface area (Å²) in [7, 11) is 4.07. The number of amides is 1. The van der Waals surface area contributed by atoms with Gasteiger partial charge in [0.1, 0.15) is 5.82 Å². The van der Waals surface area contributed by atoms with Crippen molar-refractivity contribution in [3.05, 3.63) is 53.7 Å². The van der Waals surface area contributed by atoms with E-state index >= 15 is 0 Å². The van der Waals surface area contributed by atoms with Crippen molar-refractivity contribution >= 4 is 5.91 Å². The van der Waals surface area contributed by atoms with Crippen LogP contribution in [-0.2, 0) is 11.3 Å². The molecule has 2 heterocycles. The van der Waals surface area contributed by atoms with Gasteiger partial charge in [-0.1, -0.05) is 6.07 Å². The van der Waals surface area contributed by atoms with Crippen LogP contribution >= 0.6 is 0 Å². The van der Waals surface area contributed by atoms with Crippen molar-refractivity contribution in [3.8, 4) is 11.6 Å². The molecular weight excluding hydrogens is 366 g/mol. The summed E-state index contributed by atoms with van der Waals surface area (Å²) in [6.45, 7) is 2.97. The SMILES string of the molecule is CN1CCN(C)[C@H](CC(=O)NCc2cccnc2Oc2ccc(F)cc2F)C1. The number of ether oxygens (including phenoxy) is 1. The highest BCUT2D eigenvalue weighted by molar-refractivity contribution is 5.76. The van der Waals surface area contributed by atoms with Crippen molar-refractivity contribution in [2.24, 2.45) is 0 Å². The molecule has 6 nitrogen and oxygen atoms in total. The van der Waals surface area contributed by atoms with Crippen molar-refractivity contribution in [2.45, 2.75) is 19.0 Å². The first-order valence-electron chi connectivity index (χ1n) is 9.14. The summed E-state index contributed by atoms with van der Waals surface area (Å²) in [5.41, 5.74) is 0.605.